The number of alkyl halides is 1. The predicted octanol–water partition coefficient (Wildman–Crippen LogP) is 6.04. The molecule has 0 N–H and O–H groups in total. The van der Waals surface area contributed by atoms with Gasteiger partial charge in [0, 0.05) is 0 Å². The van der Waals surface area contributed by atoms with E-state index in [4.69, 9.17) is 21.1 Å². The van der Waals surface area contributed by atoms with Gasteiger partial charge >= 0.3 is 0 Å². The molecule has 0 fully saturated rings. The summed E-state index contributed by atoms with van der Waals surface area (Å²) in [6, 6.07) is 4.02. The van der Waals surface area contributed by atoms with Gasteiger partial charge in [0.25, 0.3) is 0 Å². The van der Waals surface area contributed by atoms with Crippen molar-refractivity contribution in [1.82, 2.24) is 0 Å². The van der Waals surface area contributed by atoms with Crippen molar-refractivity contribution < 1.29 is 9.47 Å². The lowest BCUT2D eigenvalue weighted by molar-refractivity contribution is 0.354. The fourth-order valence-corrected chi connectivity index (χ4v) is 2.98. The normalized spacial score (nSPS) is 12.2. The third-order valence-corrected chi connectivity index (χ3v) is 4.37. The minimum atomic E-state index is 0.0518. The third kappa shape index (κ3) is 5.78. The molecule has 0 spiro atoms. The summed E-state index contributed by atoms with van der Waals surface area (Å²) in [5, 5.41) is 0.0518. The minimum absolute atomic E-state index is 0.0518. The van der Waals surface area contributed by atoms with Gasteiger partial charge in [-0.05, 0) is 36.6 Å². The monoisotopic (exact) mass is 312 g/mol. The highest BCUT2D eigenvalue weighted by molar-refractivity contribution is 6.20. The summed E-state index contributed by atoms with van der Waals surface area (Å²) in [7, 11) is 3.32. The van der Waals surface area contributed by atoms with E-state index in [-0.39, 0.29) is 5.38 Å². The van der Waals surface area contributed by atoms with Crippen LogP contribution in [0.3, 0.4) is 0 Å². The van der Waals surface area contributed by atoms with Gasteiger partial charge in [0.05, 0.1) is 19.6 Å². The van der Waals surface area contributed by atoms with E-state index in [0.29, 0.717) is 0 Å². The second kappa shape index (κ2) is 9.94. The van der Waals surface area contributed by atoms with Crippen LogP contribution in [0.4, 0.5) is 0 Å². The van der Waals surface area contributed by atoms with Gasteiger partial charge in [0.15, 0.2) is 11.5 Å². The van der Waals surface area contributed by atoms with Crippen LogP contribution in [0.2, 0.25) is 0 Å². The highest BCUT2D eigenvalue weighted by atomic mass is 35.5. The van der Waals surface area contributed by atoms with Gasteiger partial charge in [0.2, 0.25) is 0 Å². The Hall–Kier alpha value is -0.890. The van der Waals surface area contributed by atoms with E-state index in [2.05, 4.69) is 13.8 Å². The molecular formula is C18H29ClO2. The molecule has 3 heteroatoms. The first-order chi connectivity index (χ1) is 10.1. The second-order valence-corrected chi connectivity index (χ2v) is 6.11. The number of benzene rings is 1. The zero-order valence-corrected chi connectivity index (χ0v) is 14.6. The van der Waals surface area contributed by atoms with Crippen LogP contribution in [0.5, 0.6) is 11.5 Å². The lowest BCUT2D eigenvalue weighted by atomic mass is 9.99. The molecule has 0 radical (unpaired) electrons. The fraction of sp³-hybridized carbons (Fsp3) is 0.667. The Morgan fingerprint density at radius 1 is 0.952 bits per heavy atom. The number of hydrogen-bond donors (Lipinski definition) is 0. The maximum absolute atomic E-state index is 6.58. The lowest BCUT2D eigenvalue weighted by Gasteiger charge is -2.16. The summed E-state index contributed by atoms with van der Waals surface area (Å²) < 4.78 is 10.7. The summed E-state index contributed by atoms with van der Waals surface area (Å²) >= 11 is 6.58. The molecule has 1 rings (SSSR count). The van der Waals surface area contributed by atoms with Gasteiger partial charge in [0.1, 0.15) is 0 Å². The molecule has 0 amide bonds. The van der Waals surface area contributed by atoms with Crippen molar-refractivity contribution >= 4 is 11.6 Å². The van der Waals surface area contributed by atoms with Crippen molar-refractivity contribution in [1.29, 1.82) is 0 Å². The average molecular weight is 313 g/mol. The second-order valence-electron chi connectivity index (χ2n) is 5.59. The quantitative estimate of drug-likeness (QED) is 0.387. The molecule has 0 saturated carbocycles. The number of halogens is 1. The molecule has 0 aromatic heterocycles. The molecule has 1 atom stereocenters. The van der Waals surface area contributed by atoms with E-state index >= 15 is 0 Å². The van der Waals surface area contributed by atoms with Crippen LogP contribution < -0.4 is 9.47 Å². The van der Waals surface area contributed by atoms with Crippen LogP contribution in [-0.2, 0) is 0 Å². The Morgan fingerprint density at radius 3 is 2.14 bits per heavy atom. The molecule has 0 saturated heterocycles. The summed E-state index contributed by atoms with van der Waals surface area (Å²) in [4.78, 5) is 0. The number of ether oxygens (including phenoxy) is 2. The summed E-state index contributed by atoms with van der Waals surface area (Å²) in [6.07, 6.45) is 8.79. The van der Waals surface area contributed by atoms with E-state index in [1.165, 1.54) is 44.1 Å². The molecule has 0 aliphatic rings. The van der Waals surface area contributed by atoms with Crippen LogP contribution in [0, 0.1) is 6.92 Å². The number of unbranched alkanes of at least 4 members (excludes halogenated alkanes) is 5. The Kier molecular flexibility index (Phi) is 8.60. The van der Waals surface area contributed by atoms with E-state index in [1.807, 2.05) is 12.1 Å². The number of aryl methyl sites for hydroxylation is 1. The lowest BCUT2D eigenvalue weighted by Crippen LogP contribution is -1.98. The van der Waals surface area contributed by atoms with E-state index in [1.54, 1.807) is 14.2 Å². The van der Waals surface area contributed by atoms with Crippen LogP contribution >= 0.6 is 11.6 Å². The molecule has 1 aromatic rings. The van der Waals surface area contributed by atoms with Crippen LogP contribution in [0.15, 0.2) is 12.1 Å². The van der Waals surface area contributed by atoms with Crippen molar-refractivity contribution in [2.45, 2.75) is 64.2 Å². The van der Waals surface area contributed by atoms with E-state index < -0.39 is 0 Å². The van der Waals surface area contributed by atoms with Gasteiger partial charge in [-0.1, -0.05) is 45.4 Å². The molecule has 1 aromatic carbocycles. The smallest absolute Gasteiger partial charge is 0.161 e. The first kappa shape index (κ1) is 18.2. The largest absolute Gasteiger partial charge is 0.493 e. The first-order valence-electron chi connectivity index (χ1n) is 8.00. The standard InChI is InChI=1S/C18H29ClO2/c1-5-6-7-8-9-10-11-16(19)15-13-18(21-4)17(20-3)12-14(15)2/h12-13,16H,5-11H2,1-4H3. The summed E-state index contributed by atoms with van der Waals surface area (Å²) in [6.45, 7) is 4.32. The SMILES string of the molecule is CCCCCCCCC(Cl)c1cc(OC)c(OC)cc1C. The topological polar surface area (TPSA) is 18.5 Å². The van der Waals surface area contributed by atoms with Crippen LogP contribution in [0.1, 0.15) is 68.4 Å². The van der Waals surface area contributed by atoms with Crippen molar-refractivity contribution in [3.05, 3.63) is 23.3 Å². The molecule has 0 aliphatic carbocycles. The van der Waals surface area contributed by atoms with Crippen molar-refractivity contribution in [3.63, 3.8) is 0 Å². The van der Waals surface area contributed by atoms with Crippen LogP contribution in [-0.4, -0.2) is 14.2 Å². The molecule has 120 valence electrons. The third-order valence-electron chi connectivity index (χ3n) is 3.92. The summed E-state index contributed by atoms with van der Waals surface area (Å²) in [5.74, 6) is 1.52. The van der Waals surface area contributed by atoms with Gasteiger partial charge in [-0.2, -0.15) is 0 Å². The number of methoxy groups -OCH3 is 2. The molecule has 0 heterocycles. The first-order valence-corrected chi connectivity index (χ1v) is 8.44. The Balaban J connectivity index is 2.55. The van der Waals surface area contributed by atoms with Gasteiger partial charge in [-0.25, -0.2) is 0 Å². The number of hydrogen-bond acceptors (Lipinski definition) is 2. The molecule has 0 bridgehead atoms. The van der Waals surface area contributed by atoms with Crippen molar-refractivity contribution in [3.8, 4) is 11.5 Å². The predicted molar refractivity (Wildman–Crippen MR) is 90.9 cm³/mol. The Morgan fingerprint density at radius 2 is 1.52 bits per heavy atom. The molecule has 1 unspecified atom stereocenters. The zero-order valence-electron chi connectivity index (χ0n) is 13.9. The van der Waals surface area contributed by atoms with Gasteiger partial charge < -0.3 is 9.47 Å². The zero-order chi connectivity index (χ0) is 15.7. The molecule has 0 aliphatic heterocycles. The molecular weight excluding hydrogens is 284 g/mol. The maximum atomic E-state index is 6.58. The molecule has 2 nitrogen and oxygen atoms in total. The van der Waals surface area contributed by atoms with Crippen molar-refractivity contribution in [2.24, 2.45) is 0 Å². The Bertz CT molecular complexity index is 418. The van der Waals surface area contributed by atoms with E-state index in [0.717, 1.165) is 23.5 Å². The molecule has 21 heavy (non-hydrogen) atoms. The average Bonchev–Trinajstić information content (AvgIpc) is 2.50. The number of rotatable bonds is 10. The minimum Gasteiger partial charge on any atom is -0.493 e. The van der Waals surface area contributed by atoms with Crippen molar-refractivity contribution in [2.75, 3.05) is 14.2 Å². The van der Waals surface area contributed by atoms with Crippen LogP contribution in [0.25, 0.3) is 0 Å². The fourth-order valence-electron chi connectivity index (χ4n) is 2.59. The highest BCUT2D eigenvalue weighted by Crippen LogP contribution is 2.37. The maximum Gasteiger partial charge on any atom is 0.161 e. The Labute approximate surface area is 134 Å². The van der Waals surface area contributed by atoms with Gasteiger partial charge in [-0.3, -0.25) is 0 Å². The summed E-state index contributed by atoms with van der Waals surface area (Å²) in [5.41, 5.74) is 2.32. The van der Waals surface area contributed by atoms with E-state index in [9.17, 15) is 0 Å². The van der Waals surface area contributed by atoms with Gasteiger partial charge in [-0.15, -0.1) is 11.6 Å². The highest BCUT2D eigenvalue weighted by Gasteiger charge is 2.15.